The number of carbonyl (C=O) groups excluding carboxylic acids is 1. The lowest BCUT2D eigenvalue weighted by molar-refractivity contribution is -0.131. The van der Waals surface area contributed by atoms with Crippen LogP contribution < -0.4 is 0 Å². The minimum Gasteiger partial charge on any atom is -0.395 e. The van der Waals surface area contributed by atoms with Crippen molar-refractivity contribution in [2.45, 2.75) is 32.2 Å². The molecule has 2 aliphatic heterocycles. The van der Waals surface area contributed by atoms with Crippen LogP contribution in [0.1, 0.15) is 26.2 Å². The Kier molecular flexibility index (Phi) is 6.67. The zero-order chi connectivity index (χ0) is 15.1. The van der Waals surface area contributed by atoms with Crippen LogP contribution in [0.4, 0.5) is 0 Å². The van der Waals surface area contributed by atoms with Gasteiger partial charge >= 0.3 is 0 Å². The SMILES string of the molecule is CC=CCC(=O)N1CCC(N2CCN(CCO)CC2)CC1. The smallest absolute Gasteiger partial charge is 0.226 e. The van der Waals surface area contributed by atoms with E-state index in [4.69, 9.17) is 5.11 Å². The van der Waals surface area contributed by atoms with Crippen LogP contribution in [0.2, 0.25) is 0 Å². The van der Waals surface area contributed by atoms with Crippen molar-refractivity contribution in [1.29, 1.82) is 0 Å². The standard InChI is InChI=1S/C16H29N3O2/c1-2-3-4-16(21)19-7-5-15(6-8-19)18-11-9-17(10-12-18)13-14-20/h2-3,15,20H,4-14H2,1H3. The molecule has 0 bridgehead atoms. The molecule has 0 aromatic heterocycles. The fourth-order valence-corrected chi connectivity index (χ4v) is 3.32. The number of aliphatic hydroxyl groups is 1. The Morgan fingerprint density at radius 3 is 2.38 bits per heavy atom. The molecule has 5 heteroatoms. The number of aliphatic hydroxyl groups excluding tert-OH is 1. The van der Waals surface area contributed by atoms with Crippen molar-refractivity contribution in [2.24, 2.45) is 0 Å². The molecular formula is C16H29N3O2. The summed E-state index contributed by atoms with van der Waals surface area (Å²) in [6.45, 7) is 9.11. The molecule has 5 nitrogen and oxygen atoms in total. The number of allylic oxidation sites excluding steroid dienone is 1. The maximum atomic E-state index is 12.0. The lowest BCUT2D eigenvalue weighted by Gasteiger charge is -2.42. The van der Waals surface area contributed by atoms with E-state index in [1.165, 1.54) is 0 Å². The molecule has 0 spiro atoms. The molecule has 0 aromatic rings. The van der Waals surface area contributed by atoms with Crippen molar-refractivity contribution in [2.75, 3.05) is 52.4 Å². The molecule has 1 N–H and O–H groups in total. The maximum Gasteiger partial charge on any atom is 0.226 e. The molecule has 2 aliphatic rings. The van der Waals surface area contributed by atoms with E-state index in [1.54, 1.807) is 0 Å². The van der Waals surface area contributed by atoms with Crippen LogP contribution in [-0.2, 0) is 4.79 Å². The first kappa shape index (κ1) is 16.5. The van der Waals surface area contributed by atoms with Gasteiger partial charge < -0.3 is 10.0 Å². The van der Waals surface area contributed by atoms with Gasteiger partial charge in [-0.1, -0.05) is 12.2 Å². The number of piperazine rings is 1. The third-order valence-corrected chi connectivity index (χ3v) is 4.68. The van der Waals surface area contributed by atoms with Gasteiger partial charge in [0.15, 0.2) is 0 Å². The van der Waals surface area contributed by atoms with E-state index >= 15 is 0 Å². The van der Waals surface area contributed by atoms with Crippen molar-refractivity contribution in [1.82, 2.24) is 14.7 Å². The first-order valence-electron chi connectivity index (χ1n) is 8.20. The third-order valence-electron chi connectivity index (χ3n) is 4.68. The largest absolute Gasteiger partial charge is 0.395 e. The quantitative estimate of drug-likeness (QED) is 0.753. The molecular weight excluding hydrogens is 266 g/mol. The molecule has 21 heavy (non-hydrogen) atoms. The highest BCUT2D eigenvalue weighted by Crippen LogP contribution is 2.19. The summed E-state index contributed by atoms with van der Waals surface area (Å²) in [4.78, 5) is 18.9. The summed E-state index contributed by atoms with van der Waals surface area (Å²) in [6, 6.07) is 0.632. The van der Waals surface area contributed by atoms with Gasteiger partial charge in [0.05, 0.1) is 6.61 Å². The molecule has 0 radical (unpaired) electrons. The lowest BCUT2D eigenvalue weighted by Crippen LogP contribution is -2.54. The van der Waals surface area contributed by atoms with Crippen molar-refractivity contribution in [3.8, 4) is 0 Å². The van der Waals surface area contributed by atoms with E-state index < -0.39 is 0 Å². The highest BCUT2D eigenvalue weighted by molar-refractivity contribution is 5.77. The van der Waals surface area contributed by atoms with Gasteiger partial charge in [-0.2, -0.15) is 0 Å². The average Bonchev–Trinajstić information content (AvgIpc) is 2.54. The van der Waals surface area contributed by atoms with Crippen LogP contribution in [0.3, 0.4) is 0 Å². The van der Waals surface area contributed by atoms with Gasteiger partial charge in [0, 0.05) is 58.3 Å². The van der Waals surface area contributed by atoms with Crippen LogP contribution in [-0.4, -0.2) is 84.2 Å². The lowest BCUT2D eigenvalue weighted by atomic mass is 10.0. The number of β-amino-alcohol motifs (C(OH)–C–C–N with tert-alkyl or cyclic N) is 1. The number of rotatable bonds is 5. The Morgan fingerprint density at radius 1 is 1.14 bits per heavy atom. The monoisotopic (exact) mass is 295 g/mol. The van der Waals surface area contributed by atoms with Crippen LogP contribution in [0.15, 0.2) is 12.2 Å². The maximum absolute atomic E-state index is 12.0. The molecule has 0 saturated carbocycles. The predicted octanol–water partition coefficient (Wildman–Crippen LogP) is 0.554. The molecule has 0 aliphatic carbocycles. The van der Waals surface area contributed by atoms with Gasteiger partial charge in [-0.15, -0.1) is 0 Å². The van der Waals surface area contributed by atoms with Crippen molar-refractivity contribution in [3.05, 3.63) is 12.2 Å². The Bertz CT molecular complexity index is 343. The second-order valence-corrected chi connectivity index (χ2v) is 5.99. The number of piperidine rings is 1. The topological polar surface area (TPSA) is 47.0 Å². The molecule has 2 fully saturated rings. The van der Waals surface area contributed by atoms with E-state index in [9.17, 15) is 4.79 Å². The molecule has 2 rings (SSSR count). The predicted molar refractivity (Wildman–Crippen MR) is 84.1 cm³/mol. The van der Waals surface area contributed by atoms with E-state index in [0.29, 0.717) is 12.5 Å². The number of nitrogens with zero attached hydrogens (tertiary/aromatic N) is 3. The van der Waals surface area contributed by atoms with Gasteiger partial charge in [0.2, 0.25) is 5.91 Å². The number of hydrogen-bond donors (Lipinski definition) is 1. The second kappa shape index (κ2) is 8.51. The summed E-state index contributed by atoms with van der Waals surface area (Å²) in [5, 5.41) is 8.98. The zero-order valence-corrected chi connectivity index (χ0v) is 13.2. The second-order valence-electron chi connectivity index (χ2n) is 5.99. The van der Waals surface area contributed by atoms with Gasteiger partial charge in [-0.25, -0.2) is 0 Å². The third kappa shape index (κ3) is 4.80. The Hall–Kier alpha value is -0.910. The van der Waals surface area contributed by atoms with Crippen molar-refractivity contribution >= 4 is 5.91 Å². The minimum absolute atomic E-state index is 0.257. The Balaban J connectivity index is 1.71. The van der Waals surface area contributed by atoms with Crippen LogP contribution in [0, 0.1) is 0 Å². The first-order chi connectivity index (χ1) is 10.2. The van der Waals surface area contributed by atoms with Gasteiger partial charge in [0.25, 0.3) is 0 Å². The molecule has 120 valence electrons. The van der Waals surface area contributed by atoms with Gasteiger partial charge in [0.1, 0.15) is 0 Å². The fourth-order valence-electron chi connectivity index (χ4n) is 3.32. The molecule has 0 unspecified atom stereocenters. The summed E-state index contributed by atoms with van der Waals surface area (Å²) < 4.78 is 0. The van der Waals surface area contributed by atoms with Crippen LogP contribution >= 0.6 is 0 Å². The van der Waals surface area contributed by atoms with Gasteiger partial charge in [-0.3, -0.25) is 14.6 Å². The minimum atomic E-state index is 0.257. The Morgan fingerprint density at radius 2 is 1.81 bits per heavy atom. The van der Waals surface area contributed by atoms with Gasteiger partial charge in [-0.05, 0) is 19.8 Å². The summed E-state index contributed by atoms with van der Waals surface area (Å²) in [7, 11) is 0. The number of hydrogen-bond acceptors (Lipinski definition) is 4. The normalized spacial score (nSPS) is 23.0. The van der Waals surface area contributed by atoms with Crippen molar-refractivity contribution < 1.29 is 9.90 Å². The molecule has 2 saturated heterocycles. The summed E-state index contributed by atoms with van der Waals surface area (Å²) in [5.41, 5.74) is 0. The highest BCUT2D eigenvalue weighted by atomic mass is 16.3. The first-order valence-corrected chi connectivity index (χ1v) is 8.20. The summed E-state index contributed by atoms with van der Waals surface area (Å²) in [6.07, 6.45) is 6.62. The van der Waals surface area contributed by atoms with E-state index in [2.05, 4.69) is 9.80 Å². The highest BCUT2D eigenvalue weighted by Gasteiger charge is 2.28. The molecule has 0 atom stereocenters. The fraction of sp³-hybridized carbons (Fsp3) is 0.812. The zero-order valence-electron chi connectivity index (χ0n) is 13.2. The van der Waals surface area contributed by atoms with Crippen molar-refractivity contribution in [3.63, 3.8) is 0 Å². The summed E-state index contributed by atoms with van der Waals surface area (Å²) in [5.74, 6) is 0.263. The Labute approximate surface area is 128 Å². The van der Waals surface area contributed by atoms with E-state index in [0.717, 1.165) is 58.7 Å². The van der Waals surface area contributed by atoms with Crippen LogP contribution in [0.25, 0.3) is 0 Å². The van der Waals surface area contributed by atoms with E-state index in [-0.39, 0.29) is 12.5 Å². The molecule has 0 aromatic carbocycles. The number of likely N-dealkylation sites (tertiary alicyclic amines) is 1. The summed E-state index contributed by atoms with van der Waals surface area (Å²) >= 11 is 0. The number of carbonyl (C=O) groups is 1. The molecule has 2 heterocycles. The molecule has 1 amide bonds. The van der Waals surface area contributed by atoms with Crippen LogP contribution in [0.5, 0.6) is 0 Å². The average molecular weight is 295 g/mol. The van der Waals surface area contributed by atoms with E-state index in [1.807, 2.05) is 24.0 Å². The number of amides is 1.